The van der Waals surface area contributed by atoms with Gasteiger partial charge < -0.3 is 13.7 Å². The first-order valence-electron chi connectivity index (χ1n) is 9.20. The third-order valence-corrected chi connectivity index (χ3v) is 4.83. The molecule has 1 aromatic carbocycles. The molecule has 27 heavy (non-hydrogen) atoms. The number of carbonyl (C=O) groups is 1. The Balaban J connectivity index is 1.31. The highest BCUT2D eigenvalue weighted by molar-refractivity contribution is 5.94. The minimum atomic E-state index is 0.0928. The lowest BCUT2D eigenvalue weighted by Gasteiger charge is -2.34. The van der Waals surface area contributed by atoms with Gasteiger partial charge in [-0.1, -0.05) is 19.1 Å². The quantitative estimate of drug-likeness (QED) is 0.691. The highest BCUT2D eigenvalue weighted by atomic mass is 16.4. The number of nitrogens with zero attached hydrogens (tertiary/aromatic N) is 4. The average Bonchev–Trinajstić information content (AvgIpc) is 3.40. The number of carbonyl (C=O) groups excluding carboxylic acids is 1. The van der Waals surface area contributed by atoms with Gasteiger partial charge in [0.05, 0.1) is 12.8 Å². The van der Waals surface area contributed by atoms with E-state index in [4.69, 9.17) is 8.83 Å². The van der Waals surface area contributed by atoms with E-state index in [2.05, 4.69) is 22.0 Å². The van der Waals surface area contributed by atoms with Crippen molar-refractivity contribution in [2.24, 2.45) is 0 Å². The Morgan fingerprint density at radius 3 is 2.52 bits per heavy atom. The van der Waals surface area contributed by atoms with Gasteiger partial charge in [-0.2, -0.15) is 0 Å². The Morgan fingerprint density at radius 1 is 1.07 bits per heavy atom. The number of hydrogen-bond donors (Lipinski definition) is 0. The van der Waals surface area contributed by atoms with E-state index < -0.39 is 0 Å². The summed E-state index contributed by atoms with van der Waals surface area (Å²) in [4.78, 5) is 16.8. The lowest BCUT2D eigenvalue weighted by molar-refractivity contribution is 0.0618. The van der Waals surface area contributed by atoms with Crippen molar-refractivity contribution in [2.75, 3.05) is 26.2 Å². The van der Waals surface area contributed by atoms with E-state index in [0.717, 1.165) is 25.1 Å². The Labute approximate surface area is 157 Å². The van der Waals surface area contributed by atoms with E-state index in [-0.39, 0.29) is 5.91 Å². The summed E-state index contributed by atoms with van der Waals surface area (Å²) < 4.78 is 10.9. The topological polar surface area (TPSA) is 75.6 Å². The van der Waals surface area contributed by atoms with Gasteiger partial charge >= 0.3 is 0 Å². The van der Waals surface area contributed by atoms with Crippen LogP contribution >= 0.6 is 0 Å². The number of hydrogen-bond acceptors (Lipinski definition) is 6. The molecule has 0 atom stereocenters. The van der Waals surface area contributed by atoms with Crippen molar-refractivity contribution < 1.29 is 13.6 Å². The second-order valence-corrected chi connectivity index (χ2v) is 6.60. The van der Waals surface area contributed by atoms with Crippen LogP contribution in [0.4, 0.5) is 0 Å². The van der Waals surface area contributed by atoms with Gasteiger partial charge in [0.15, 0.2) is 5.76 Å². The minimum Gasteiger partial charge on any atom is -0.459 e. The molecular weight excluding hydrogens is 344 g/mol. The lowest BCUT2D eigenvalue weighted by atomic mass is 10.1. The maximum Gasteiger partial charge on any atom is 0.283 e. The number of rotatable bonds is 5. The van der Waals surface area contributed by atoms with E-state index in [1.54, 1.807) is 18.4 Å². The largest absolute Gasteiger partial charge is 0.459 e. The van der Waals surface area contributed by atoms with Crippen molar-refractivity contribution in [1.29, 1.82) is 0 Å². The molecule has 7 nitrogen and oxygen atoms in total. The van der Waals surface area contributed by atoms with Crippen LogP contribution in [0.2, 0.25) is 0 Å². The number of aromatic nitrogens is 2. The summed E-state index contributed by atoms with van der Waals surface area (Å²) in [5.41, 5.74) is 1.99. The number of benzene rings is 1. The molecule has 0 spiro atoms. The second-order valence-electron chi connectivity index (χ2n) is 6.60. The van der Waals surface area contributed by atoms with Gasteiger partial charge in [0.2, 0.25) is 5.89 Å². The molecule has 0 unspecified atom stereocenters. The Kier molecular flexibility index (Phi) is 5.02. The fourth-order valence-electron chi connectivity index (χ4n) is 3.18. The molecule has 1 aliphatic rings. The van der Waals surface area contributed by atoms with Gasteiger partial charge in [0, 0.05) is 31.7 Å². The number of piperazine rings is 1. The molecule has 0 aliphatic carbocycles. The predicted molar refractivity (Wildman–Crippen MR) is 99.0 cm³/mol. The van der Waals surface area contributed by atoms with Crippen LogP contribution in [-0.4, -0.2) is 52.1 Å². The zero-order valence-electron chi connectivity index (χ0n) is 15.3. The molecule has 1 aliphatic heterocycles. The van der Waals surface area contributed by atoms with E-state index in [0.29, 0.717) is 37.2 Å². The Hall–Kier alpha value is -2.93. The van der Waals surface area contributed by atoms with Crippen LogP contribution in [0, 0.1) is 0 Å². The standard InChI is InChI=1S/C20H22N4O3/c1-2-15-5-7-16(8-6-15)20(25)24-11-9-23(10-12-24)14-18-21-22-19(27-18)17-4-3-13-26-17/h3-8,13H,2,9-12,14H2,1H3. The highest BCUT2D eigenvalue weighted by Gasteiger charge is 2.23. The number of aryl methyl sites for hydroxylation is 1. The van der Waals surface area contributed by atoms with Crippen LogP contribution in [0.5, 0.6) is 0 Å². The van der Waals surface area contributed by atoms with Crippen LogP contribution < -0.4 is 0 Å². The molecular formula is C20H22N4O3. The Morgan fingerprint density at radius 2 is 1.85 bits per heavy atom. The third-order valence-electron chi connectivity index (χ3n) is 4.83. The molecule has 3 aromatic rings. The first-order valence-corrected chi connectivity index (χ1v) is 9.20. The molecule has 1 saturated heterocycles. The molecule has 0 bridgehead atoms. The Bertz CT molecular complexity index is 878. The minimum absolute atomic E-state index is 0.0928. The molecule has 2 aromatic heterocycles. The van der Waals surface area contributed by atoms with E-state index in [1.807, 2.05) is 29.2 Å². The first-order chi connectivity index (χ1) is 13.2. The maximum absolute atomic E-state index is 12.7. The predicted octanol–water partition coefficient (Wildman–Crippen LogP) is 2.85. The summed E-state index contributed by atoms with van der Waals surface area (Å²) in [7, 11) is 0. The average molecular weight is 366 g/mol. The molecule has 7 heteroatoms. The van der Waals surface area contributed by atoms with Gasteiger partial charge in [0.25, 0.3) is 11.8 Å². The maximum atomic E-state index is 12.7. The fraction of sp³-hybridized carbons (Fsp3) is 0.350. The van der Waals surface area contributed by atoms with Crippen LogP contribution in [0.25, 0.3) is 11.7 Å². The van der Waals surface area contributed by atoms with E-state index in [1.165, 1.54) is 5.56 Å². The van der Waals surface area contributed by atoms with Crippen molar-refractivity contribution >= 4 is 5.91 Å². The van der Waals surface area contributed by atoms with Gasteiger partial charge in [-0.15, -0.1) is 10.2 Å². The SMILES string of the molecule is CCc1ccc(C(=O)N2CCN(Cc3nnc(-c4ccco4)o3)CC2)cc1. The molecule has 3 heterocycles. The van der Waals surface area contributed by atoms with Crippen LogP contribution in [0.15, 0.2) is 51.5 Å². The van der Waals surface area contributed by atoms with Gasteiger partial charge in [-0.25, -0.2) is 0 Å². The summed E-state index contributed by atoms with van der Waals surface area (Å²) in [6.07, 6.45) is 2.55. The third kappa shape index (κ3) is 3.93. The van der Waals surface area contributed by atoms with Crippen molar-refractivity contribution in [3.8, 4) is 11.7 Å². The monoisotopic (exact) mass is 366 g/mol. The second kappa shape index (κ2) is 7.75. The van der Waals surface area contributed by atoms with Gasteiger partial charge in [0.1, 0.15) is 0 Å². The van der Waals surface area contributed by atoms with Crippen LogP contribution in [-0.2, 0) is 13.0 Å². The van der Waals surface area contributed by atoms with Gasteiger partial charge in [-0.05, 0) is 36.2 Å². The molecule has 1 amide bonds. The molecule has 4 rings (SSSR count). The molecule has 0 N–H and O–H groups in total. The summed E-state index contributed by atoms with van der Waals surface area (Å²) in [6.45, 7) is 5.60. The van der Waals surface area contributed by atoms with Crippen molar-refractivity contribution in [3.63, 3.8) is 0 Å². The zero-order chi connectivity index (χ0) is 18.6. The summed E-state index contributed by atoms with van der Waals surface area (Å²) >= 11 is 0. The molecule has 0 saturated carbocycles. The van der Waals surface area contributed by atoms with Crippen LogP contribution in [0.1, 0.15) is 28.7 Å². The molecule has 1 fully saturated rings. The van der Waals surface area contributed by atoms with Crippen LogP contribution in [0.3, 0.4) is 0 Å². The fourth-order valence-corrected chi connectivity index (χ4v) is 3.18. The van der Waals surface area contributed by atoms with Crippen molar-refractivity contribution in [3.05, 3.63) is 59.7 Å². The lowest BCUT2D eigenvalue weighted by Crippen LogP contribution is -2.48. The van der Waals surface area contributed by atoms with Gasteiger partial charge in [-0.3, -0.25) is 9.69 Å². The zero-order valence-corrected chi connectivity index (χ0v) is 15.3. The summed E-state index contributed by atoms with van der Waals surface area (Å²) in [6, 6.07) is 11.5. The molecule has 140 valence electrons. The smallest absolute Gasteiger partial charge is 0.283 e. The molecule has 0 radical (unpaired) electrons. The normalized spacial score (nSPS) is 15.2. The van der Waals surface area contributed by atoms with E-state index in [9.17, 15) is 4.79 Å². The first kappa shape index (κ1) is 17.5. The summed E-state index contributed by atoms with van der Waals surface area (Å²) in [5.74, 6) is 1.60. The highest BCUT2D eigenvalue weighted by Crippen LogP contribution is 2.19. The van der Waals surface area contributed by atoms with Crippen molar-refractivity contribution in [1.82, 2.24) is 20.0 Å². The summed E-state index contributed by atoms with van der Waals surface area (Å²) in [5, 5.41) is 8.10. The van der Waals surface area contributed by atoms with Crippen molar-refractivity contribution in [2.45, 2.75) is 19.9 Å². The van der Waals surface area contributed by atoms with E-state index >= 15 is 0 Å². The number of amides is 1. The number of furan rings is 1.